The summed E-state index contributed by atoms with van der Waals surface area (Å²) in [6, 6.07) is 6.42. The molecular formula is C26H31NO2S2. The number of benzene rings is 1. The maximum atomic E-state index is 13.2. The number of thiocarbonyl (C=S) groups is 1. The molecule has 1 heterocycles. The second-order valence-corrected chi connectivity index (χ2v) is 12.5. The van der Waals surface area contributed by atoms with Gasteiger partial charge in [0.1, 0.15) is 10.1 Å². The van der Waals surface area contributed by atoms with Crippen LogP contribution < -0.4 is 0 Å². The van der Waals surface area contributed by atoms with Crippen LogP contribution in [0.15, 0.2) is 23.1 Å². The molecule has 1 N–H and O–H groups in total. The van der Waals surface area contributed by atoms with E-state index in [1.165, 1.54) is 75.1 Å². The molecule has 4 bridgehead atoms. The Bertz CT molecular complexity index is 927. The Kier molecular flexibility index (Phi) is 4.99. The summed E-state index contributed by atoms with van der Waals surface area (Å²) in [5.41, 5.74) is 2.43. The second kappa shape index (κ2) is 7.62. The van der Waals surface area contributed by atoms with E-state index in [1.807, 2.05) is 17.0 Å². The van der Waals surface area contributed by atoms with Crippen molar-refractivity contribution in [3.63, 3.8) is 0 Å². The third kappa shape index (κ3) is 3.47. The first-order valence-corrected chi connectivity index (χ1v) is 13.3. The average Bonchev–Trinajstić information content (AvgIpc) is 3.02. The predicted molar refractivity (Wildman–Crippen MR) is 130 cm³/mol. The number of carbonyl (C=O) groups excluding carboxylic acids is 1. The summed E-state index contributed by atoms with van der Waals surface area (Å²) in [4.78, 5) is 15.7. The Morgan fingerprint density at radius 2 is 1.68 bits per heavy atom. The highest BCUT2D eigenvalue weighted by Crippen LogP contribution is 2.61. The molecule has 1 amide bonds. The van der Waals surface area contributed by atoms with Crippen LogP contribution in [0.4, 0.5) is 0 Å². The van der Waals surface area contributed by atoms with Crippen LogP contribution >= 0.6 is 24.0 Å². The number of rotatable bonds is 3. The molecule has 0 spiro atoms. The molecule has 5 saturated carbocycles. The molecule has 1 aromatic carbocycles. The average molecular weight is 454 g/mol. The van der Waals surface area contributed by atoms with Crippen molar-refractivity contribution in [2.75, 3.05) is 0 Å². The summed E-state index contributed by atoms with van der Waals surface area (Å²) in [7, 11) is 0. The van der Waals surface area contributed by atoms with E-state index in [4.69, 9.17) is 12.2 Å². The van der Waals surface area contributed by atoms with Crippen LogP contribution in [0, 0.1) is 17.8 Å². The van der Waals surface area contributed by atoms with Gasteiger partial charge in [-0.15, -0.1) is 0 Å². The van der Waals surface area contributed by atoms with E-state index in [-0.39, 0.29) is 23.1 Å². The van der Waals surface area contributed by atoms with Crippen molar-refractivity contribution in [2.45, 2.75) is 82.1 Å². The number of phenolic OH excluding ortho intramolecular Hbond substituents is 1. The highest BCUT2D eigenvalue weighted by atomic mass is 32.2. The van der Waals surface area contributed by atoms with Gasteiger partial charge in [-0.3, -0.25) is 9.69 Å². The Morgan fingerprint density at radius 1 is 1.03 bits per heavy atom. The fourth-order valence-electron chi connectivity index (χ4n) is 7.74. The minimum Gasteiger partial charge on any atom is -0.507 e. The first kappa shape index (κ1) is 20.3. The lowest BCUT2D eigenvalue weighted by Gasteiger charge is -2.57. The highest BCUT2D eigenvalue weighted by molar-refractivity contribution is 8.26. The Balaban J connectivity index is 1.30. The fourth-order valence-corrected chi connectivity index (χ4v) is 9.13. The standard InChI is InChI=1S/C26H31NO2S2/c28-22-7-6-20(26-13-16-8-17(14-26)10-18(9-16)15-26)11-19(22)12-23-24(29)27(25(30)31-23)21-4-2-1-3-5-21/h6-7,11-12,16-18,21,28H,1-5,8-10,13-15H2. The monoisotopic (exact) mass is 453 g/mol. The normalized spacial score (nSPS) is 36.7. The number of hydrogen-bond donors (Lipinski definition) is 1. The molecule has 0 aromatic heterocycles. The van der Waals surface area contributed by atoms with Crippen LogP contribution in [0.3, 0.4) is 0 Å². The molecule has 0 atom stereocenters. The van der Waals surface area contributed by atoms with Crippen molar-refractivity contribution in [3.05, 3.63) is 34.2 Å². The summed E-state index contributed by atoms with van der Waals surface area (Å²) in [6.07, 6.45) is 15.8. The van der Waals surface area contributed by atoms with Gasteiger partial charge < -0.3 is 5.11 Å². The van der Waals surface area contributed by atoms with Crippen molar-refractivity contribution < 1.29 is 9.90 Å². The third-order valence-corrected chi connectivity index (χ3v) is 10.1. The van der Waals surface area contributed by atoms with Gasteiger partial charge in [0, 0.05) is 11.6 Å². The molecule has 1 aliphatic heterocycles. The molecule has 3 nitrogen and oxygen atoms in total. The van der Waals surface area contributed by atoms with Gasteiger partial charge in [0.15, 0.2) is 0 Å². The number of hydrogen-bond acceptors (Lipinski definition) is 4. The van der Waals surface area contributed by atoms with Crippen molar-refractivity contribution in [1.82, 2.24) is 4.90 Å². The van der Waals surface area contributed by atoms with Gasteiger partial charge in [-0.05, 0) is 98.3 Å². The van der Waals surface area contributed by atoms with E-state index < -0.39 is 0 Å². The quantitative estimate of drug-likeness (QED) is 0.425. The van der Waals surface area contributed by atoms with E-state index in [9.17, 15) is 9.90 Å². The summed E-state index contributed by atoms with van der Waals surface area (Å²) in [6.45, 7) is 0. The highest BCUT2D eigenvalue weighted by Gasteiger charge is 2.51. The zero-order chi connectivity index (χ0) is 21.2. The van der Waals surface area contributed by atoms with Crippen molar-refractivity contribution in [2.24, 2.45) is 17.8 Å². The molecule has 6 fully saturated rings. The summed E-state index contributed by atoms with van der Waals surface area (Å²) in [5, 5.41) is 10.6. The lowest BCUT2D eigenvalue weighted by atomic mass is 9.48. The lowest BCUT2D eigenvalue weighted by Crippen LogP contribution is -2.48. The van der Waals surface area contributed by atoms with Crippen molar-refractivity contribution in [1.29, 1.82) is 0 Å². The molecule has 31 heavy (non-hydrogen) atoms. The van der Waals surface area contributed by atoms with E-state index in [0.717, 1.165) is 36.2 Å². The summed E-state index contributed by atoms with van der Waals surface area (Å²) >= 11 is 6.99. The fraction of sp³-hybridized carbons (Fsp3) is 0.615. The second-order valence-electron chi connectivity index (χ2n) is 10.8. The largest absolute Gasteiger partial charge is 0.507 e. The number of amides is 1. The Hall–Kier alpha value is -1.33. The molecule has 1 aromatic rings. The van der Waals surface area contributed by atoms with Gasteiger partial charge >= 0.3 is 0 Å². The van der Waals surface area contributed by atoms with Gasteiger partial charge in [0.2, 0.25) is 0 Å². The zero-order valence-corrected chi connectivity index (χ0v) is 19.6. The van der Waals surface area contributed by atoms with Gasteiger partial charge in [-0.2, -0.15) is 0 Å². The van der Waals surface area contributed by atoms with Crippen molar-refractivity contribution >= 4 is 40.3 Å². The topological polar surface area (TPSA) is 40.5 Å². The zero-order valence-electron chi connectivity index (χ0n) is 18.0. The first-order chi connectivity index (χ1) is 15.0. The minimum atomic E-state index is 0.0292. The van der Waals surface area contributed by atoms with Gasteiger partial charge in [-0.1, -0.05) is 49.3 Å². The maximum absolute atomic E-state index is 13.2. The van der Waals surface area contributed by atoms with Gasteiger partial charge in [0.25, 0.3) is 5.91 Å². The lowest BCUT2D eigenvalue weighted by molar-refractivity contribution is -0.124. The molecule has 1 saturated heterocycles. The van der Waals surface area contributed by atoms with Crippen LogP contribution in [0.1, 0.15) is 81.8 Å². The molecule has 7 rings (SSSR count). The van der Waals surface area contributed by atoms with E-state index in [0.29, 0.717) is 9.23 Å². The first-order valence-electron chi connectivity index (χ1n) is 12.1. The summed E-state index contributed by atoms with van der Waals surface area (Å²) < 4.78 is 0.680. The van der Waals surface area contributed by atoms with Gasteiger partial charge in [-0.25, -0.2) is 0 Å². The van der Waals surface area contributed by atoms with E-state index >= 15 is 0 Å². The maximum Gasteiger partial charge on any atom is 0.266 e. The van der Waals surface area contributed by atoms with Crippen LogP contribution in [0.5, 0.6) is 5.75 Å². The molecule has 5 aliphatic carbocycles. The summed E-state index contributed by atoms with van der Waals surface area (Å²) in [5.74, 6) is 2.94. The van der Waals surface area contributed by atoms with E-state index in [2.05, 4.69) is 12.1 Å². The van der Waals surface area contributed by atoms with Crippen LogP contribution in [-0.4, -0.2) is 26.3 Å². The molecule has 164 valence electrons. The Labute approximate surface area is 194 Å². The number of nitrogens with zero attached hydrogens (tertiary/aromatic N) is 1. The molecule has 5 heteroatoms. The third-order valence-electron chi connectivity index (χ3n) is 8.73. The van der Waals surface area contributed by atoms with Gasteiger partial charge in [0.05, 0.1) is 4.91 Å². The van der Waals surface area contributed by atoms with Crippen molar-refractivity contribution in [3.8, 4) is 5.75 Å². The van der Waals surface area contributed by atoms with Crippen LogP contribution in [0.25, 0.3) is 6.08 Å². The minimum absolute atomic E-state index is 0.0292. The van der Waals surface area contributed by atoms with Crippen LogP contribution in [0.2, 0.25) is 0 Å². The number of thioether (sulfide) groups is 1. The SMILES string of the molecule is O=C1C(=Cc2cc(C34CC5CC(CC(C5)C3)C4)ccc2O)SC(=S)N1C1CCCCC1. The number of phenols is 1. The molecular weight excluding hydrogens is 422 g/mol. The molecule has 0 unspecified atom stereocenters. The Morgan fingerprint density at radius 3 is 2.32 bits per heavy atom. The smallest absolute Gasteiger partial charge is 0.266 e. The van der Waals surface area contributed by atoms with Crippen LogP contribution in [-0.2, 0) is 10.2 Å². The molecule has 6 aliphatic rings. The number of aromatic hydroxyl groups is 1. The number of carbonyl (C=O) groups is 1. The molecule has 0 radical (unpaired) electrons. The van der Waals surface area contributed by atoms with E-state index in [1.54, 1.807) is 0 Å². The predicted octanol–water partition coefficient (Wildman–Crippen LogP) is 6.39.